The molecular formula is C14H14N4O. The van der Waals surface area contributed by atoms with E-state index in [1.165, 1.54) is 12.8 Å². The molecule has 0 aromatic carbocycles. The molecule has 0 aliphatic heterocycles. The first-order valence-electron chi connectivity index (χ1n) is 6.51. The number of nitrogens with zero attached hydrogens (tertiary/aromatic N) is 3. The highest BCUT2D eigenvalue weighted by Crippen LogP contribution is 2.28. The Morgan fingerprint density at radius 2 is 2.26 bits per heavy atom. The fourth-order valence-electron chi connectivity index (χ4n) is 2.15. The monoisotopic (exact) mass is 254 g/mol. The smallest absolute Gasteiger partial charge is 0.154 e. The molecule has 96 valence electrons. The van der Waals surface area contributed by atoms with Crippen molar-refractivity contribution in [2.24, 2.45) is 5.92 Å². The number of fused-ring (bicyclic) bond motifs is 1. The van der Waals surface area contributed by atoms with Crippen LogP contribution >= 0.6 is 0 Å². The van der Waals surface area contributed by atoms with Gasteiger partial charge in [0, 0.05) is 12.1 Å². The van der Waals surface area contributed by atoms with Crippen molar-refractivity contribution >= 4 is 11.5 Å². The van der Waals surface area contributed by atoms with E-state index in [-0.39, 0.29) is 0 Å². The molecule has 5 nitrogen and oxygen atoms in total. The van der Waals surface area contributed by atoms with Gasteiger partial charge in [-0.05, 0) is 37.0 Å². The summed E-state index contributed by atoms with van der Waals surface area (Å²) in [6, 6.07) is 5.87. The number of rotatable bonds is 4. The average molecular weight is 254 g/mol. The summed E-state index contributed by atoms with van der Waals surface area (Å²) in [5.41, 5.74) is 2.77. The van der Waals surface area contributed by atoms with Crippen LogP contribution in [0.15, 0.2) is 41.3 Å². The fraction of sp³-hybridized carbons (Fsp3) is 0.286. The Kier molecular flexibility index (Phi) is 2.30. The minimum Gasteiger partial charge on any atom is -0.472 e. The van der Waals surface area contributed by atoms with E-state index in [1.54, 1.807) is 12.5 Å². The van der Waals surface area contributed by atoms with Crippen molar-refractivity contribution in [3.8, 4) is 11.3 Å². The molecule has 0 unspecified atom stereocenters. The van der Waals surface area contributed by atoms with Gasteiger partial charge in [0.05, 0.1) is 24.4 Å². The van der Waals surface area contributed by atoms with Crippen LogP contribution in [0.1, 0.15) is 12.8 Å². The minimum atomic E-state index is 0.827. The molecule has 5 heteroatoms. The van der Waals surface area contributed by atoms with Crippen LogP contribution in [0.2, 0.25) is 0 Å². The third-order valence-electron chi connectivity index (χ3n) is 3.45. The molecular weight excluding hydrogens is 240 g/mol. The predicted octanol–water partition coefficient (Wildman–Crippen LogP) is 2.81. The SMILES string of the molecule is c1cc(-c2cnc3ccc(NCC4CC4)nn23)co1. The number of aromatic nitrogens is 3. The normalized spacial score (nSPS) is 14.9. The lowest BCUT2D eigenvalue weighted by Crippen LogP contribution is -2.07. The van der Waals surface area contributed by atoms with Crippen LogP contribution in [0, 0.1) is 5.92 Å². The third-order valence-corrected chi connectivity index (χ3v) is 3.45. The summed E-state index contributed by atoms with van der Waals surface area (Å²) < 4.78 is 6.97. The topological polar surface area (TPSA) is 55.4 Å². The van der Waals surface area contributed by atoms with Crippen molar-refractivity contribution in [1.29, 1.82) is 0 Å². The Morgan fingerprint density at radius 1 is 1.32 bits per heavy atom. The predicted molar refractivity (Wildman–Crippen MR) is 71.9 cm³/mol. The number of anilines is 1. The zero-order chi connectivity index (χ0) is 12.7. The molecule has 1 saturated carbocycles. The first kappa shape index (κ1) is 10.6. The Bertz CT molecular complexity index is 697. The summed E-state index contributed by atoms with van der Waals surface area (Å²) >= 11 is 0. The molecule has 1 fully saturated rings. The Hall–Kier alpha value is -2.30. The second kappa shape index (κ2) is 4.12. The fourth-order valence-corrected chi connectivity index (χ4v) is 2.15. The number of furan rings is 1. The molecule has 0 spiro atoms. The van der Waals surface area contributed by atoms with Crippen molar-refractivity contribution in [1.82, 2.24) is 14.6 Å². The highest BCUT2D eigenvalue weighted by atomic mass is 16.3. The van der Waals surface area contributed by atoms with E-state index in [0.717, 1.165) is 35.2 Å². The zero-order valence-corrected chi connectivity index (χ0v) is 10.4. The molecule has 0 atom stereocenters. The highest BCUT2D eigenvalue weighted by molar-refractivity contribution is 5.62. The van der Waals surface area contributed by atoms with Gasteiger partial charge in [0.25, 0.3) is 0 Å². The van der Waals surface area contributed by atoms with Crippen molar-refractivity contribution in [3.63, 3.8) is 0 Å². The van der Waals surface area contributed by atoms with Gasteiger partial charge in [0.1, 0.15) is 5.82 Å². The van der Waals surface area contributed by atoms with Crippen LogP contribution in [0.3, 0.4) is 0 Å². The molecule has 3 heterocycles. The third kappa shape index (κ3) is 1.97. The molecule has 1 N–H and O–H groups in total. The van der Waals surface area contributed by atoms with Crippen LogP contribution in [-0.4, -0.2) is 21.1 Å². The maximum Gasteiger partial charge on any atom is 0.154 e. The van der Waals surface area contributed by atoms with Gasteiger partial charge in [0.15, 0.2) is 5.65 Å². The van der Waals surface area contributed by atoms with Crippen LogP contribution in [0.25, 0.3) is 16.9 Å². The summed E-state index contributed by atoms with van der Waals surface area (Å²) in [7, 11) is 0. The van der Waals surface area contributed by atoms with E-state index < -0.39 is 0 Å². The molecule has 19 heavy (non-hydrogen) atoms. The number of hydrogen-bond donors (Lipinski definition) is 1. The first-order valence-corrected chi connectivity index (χ1v) is 6.51. The molecule has 1 aliphatic carbocycles. The minimum absolute atomic E-state index is 0.827. The summed E-state index contributed by atoms with van der Waals surface area (Å²) in [6.45, 7) is 1.01. The van der Waals surface area contributed by atoms with Gasteiger partial charge in [-0.2, -0.15) is 0 Å². The van der Waals surface area contributed by atoms with Crippen LogP contribution in [0.5, 0.6) is 0 Å². The molecule has 1 aliphatic rings. The Labute approximate surface area is 110 Å². The molecule has 3 aromatic rings. The lowest BCUT2D eigenvalue weighted by Gasteiger charge is -2.05. The second-order valence-electron chi connectivity index (χ2n) is 4.97. The molecule has 4 rings (SSSR count). The maximum atomic E-state index is 5.12. The lowest BCUT2D eigenvalue weighted by molar-refractivity contribution is 0.568. The Morgan fingerprint density at radius 3 is 3.05 bits per heavy atom. The largest absolute Gasteiger partial charge is 0.472 e. The molecule has 0 bridgehead atoms. The van der Waals surface area contributed by atoms with Crippen LogP contribution < -0.4 is 5.32 Å². The van der Waals surface area contributed by atoms with Crippen LogP contribution in [0.4, 0.5) is 5.82 Å². The van der Waals surface area contributed by atoms with E-state index in [9.17, 15) is 0 Å². The summed E-state index contributed by atoms with van der Waals surface area (Å²) in [5.74, 6) is 1.72. The number of nitrogens with one attached hydrogen (secondary N) is 1. The van der Waals surface area contributed by atoms with E-state index in [1.807, 2.05) is 28.9 Å². The van der Waals surface area contributed by atoms with E-state index in [2.05, 4.69) is 15.4 Å². The van der Waals surface area contributed by atoms with Gasteiger partial charge in [-0.15, -0.1) is 5.10 Å². The second-order valence-corrected chi connectivity index (χ2v) is 4.97. The number of hydrogen-bond acceptors (Lipinski definition) is 4. The highest BCUT2D eigenvalue weighted by Gasteiger charge is 2.20. The first-order chi connectivity index (χ1) is 9.40. The van der Waals surface area contributed by atoms with Crippen molar-refractivity contribution in [3.05, 3.63) is 36.9 Å². The van der Waals surface area contributed by atoms with E-state index >= 15 is 0 Å². The van der Waals surface area contributed by atoms with Gasteiger partial charge in [-0.25, -0.2) is 9.50 Å². The summed E-state index contributed by atoms with van der Waals surface area (Å²) in [4.78, 5) is 4.35. The molecule has 0 radical (unpaired) electrons. The molecule has 0 amide bonds. The summed E-state index contributed by atoms with van der Waals surface area (Å²) in [5, 5.41) is 7.97. The van der Waals surface area contributed by atoms with Crippen molar-refractivity contribution in [2.45, 2.75) is 12.8 Å². The van der Waals surface area contributed by atoms with Gasteiger partial charge < -0.3 is 9.73 Å². The van der Waals surface area contributed by atoms with Crippen molar-refractivity contribution < 1.29 is 4.42 Å². The lowest BCUT2D eigenvalue weighted by atomic mass is 10.3. The van der Waals surface area contributed by atoms with E-state index in [4.69, 9.17) is 4.42 Å². The van der Waals surface area contributed by atoms with Gasteiger partial charge in [-0.1, -0.05) is 0 Å². The van der Waals surface area contributed by atoms with E-state index in [0.29, 0.717) is 0 Å². The van der Waals surface area contributed by atoms with Crippen LogP contribution in [-0.2, 0) is 0 Å². The average Bonchev–Trinajstić information content (AvgIpc) is 2.94. The number of imidazole rings is 1. The van der Waals surface area contributed by atoms with Gasteiger partial charge in [0.2, 0.25) is 0 Å². The maximum absolute atomic E-state index is 5.12. The quantitative estimate of drug-likeness (QED) is 0.777. The van der Waals surface area contributed by atoms with Gasteiger partial charge >= 0.3 is 0 Å². The molecule has 0 saturated heterocycles. The Balaban J connectivity index is 1.71. The van der Waals surface area contributed by atoms with Crippen molar-refractivity contribution in [2.75, 3.05) is 11.9 Å². The zero-order valence-electron chi connectivity index (χ0n) is 10.4. The van der Waals surface area contributed by atoms with Gasteiger partial charge in [-0.3, -0.25) is 0 Å². The standard InChI is InChI=1S/C14H14N4O/c1-2-10(1)7-15-13-3-4-14-16-8-12(18(14)17-13)11-5-6-19-9-11/h3-6,8-10H,1-2,7H2,(H,15,17). The molecule has 3 aromatic heterocycles. The summed E-state index contributed by atoms with van der Waals surface area (Å²) in [6.07, 6.45) is 7.85.